The monoisotopic (exact) mass is 278 g/mol. The van der Waals surface area contributed by atoms with E-state index in [1.54, 1.807) is 0 Å². The standard InChI is InChI=1S/C18H18N2O/c1-12-3-4-13(2)16(9-12)20-18(21)11-14-5-6-15-7-8-19-17(15)10-14/h3-10,19H,11H2,1-2H3,(H,20,21). The van der Waals surface area contributed by atoms with Crippen LogP contribution in [0.5, 0.6) is 0 Å². The fourth-order valence-electron chi connectivity index (χ4n) is 2.46. The molecule has 2 aromatic carbocycles. The van der Waals surface area contributed by atoms with Gasteiger partial charge >= 0.3 is 0 Å². The molecule has 3 nitrogen and oxygen atoms in total. The summed E-state index contributed by atoms with van der Waals surface area (Å²) in [5, 5.41) is 4.15. The van der Waals surface area contributed by atoms with Crippen LogP contribution >= 0.6 is 0 Å². The van der Waals surface area contributed by atoms with Crippen molar-refractivity contribution in [2.45, 2.75) is 20.3 Å². The molecule has 0 saturated heterocycles. The highest BCUT2D eigenvalue weighted by Gasteiger charge is 2.07. The van der Waals surface area contributed by atoms with Gasteiger partial charge in [-0.25, -0.2) is 0 Å². The van der Waals surface area contributed by atoms with Crippen LogP contribution < -0.4 is 5.32 Å². The van der Waals surface area contributed by atoms with Crippen LogP contribution in [0.2, 0.25) is 0 Å². The van der Waals surface area contributed by atoms with Crippen LogP contribution in [-0.4, -0.2) is 10.9 Å². The lowest BCUT2D eigenvalue weighted by atomic mass is 10.1. The Balaban J connectivity index is 1.75. The van der Waals surface area contributed by atoms with Crippen LogP contribution in [0.15, 0.2) is 48.7 Å². The van der Waals surface area contributed by atoms with E-state index in [2.05, 4.69) is 10.3 Å². The number of carbonyl (C=O) groups is 1. The molecule has 3 aromatic rings. The highest BCUT2D eigenvalue weighted by atomic mass is 16.1. The van der Waals surface area contributed by atoms with Gasteiger partial charge in [-0.3, -0.25) is 4.79 Å². The molecule has 0 atom stereocenters. The van der Waals surface area contributed by atoms with Crippen molar-refractivity contribution in [2.24, 2.45) is 0 Å². The Kier molecular flexibility index (Phi) is 3.48. The number of hydrogen-bond donors (Lipinski definition) is 2. The molecule has 0 fully saturated rings. The molecule has 1 heterocycles. The van der Waals surface area contributed by atoms with Gasteiger partial charge in [-0.05, 0) is 54.1 Å². The molecule has 2 N–H and O–H groups in total. The largest absolute Gasteiger partial charge is 0.361 e. The summed E-state index contributed by atoms with van der Waals surface area (Å²) in [6, 6.07) is 14.2. The lowest BCUT2D eigenvalue weighted by molar-refractivity contribution is -0.115. The molecular formula is C18H18N2O. The lowest BCUT2D eigenvalue weighted by Crippen LogP contribution is -2.15. The number of amides is 1. The zero-order chi connectivity index (χ0) is 14.8. The van der Waals surface area contributed by atoms with E-state index >= 15 is 0 Å². The first kappa shape index (κ1) is 13.4. The number of aromatic nitrogens is 1. The Hall–Kier alpha value is -2.55. The molecule has 1 aromatic heterocycles. The molecule has 0 unspecified atom stereocenters. The number of hydrogen-bond acceptors (Lipinski definition) is 1. The molecule has 106 valence electrons. The first-order valence-electron chi connectivity index (χ1n) is 7.05. The zero-order valence-corrected chi connectivity index (χ0v) is 12.2. The van der Waals surface area contributed by atoms with Crippen molar-refractivity contribution >= 4 is 22.5 Å². The van der Waals surface area contributed by atoms with Gasteiger partial charge in [0.05, 0.1) is 6.42 Å². The highest BCUT2D eigenvalue weighted by molar-refractivity contribution is 5.93. The maximum Gasteiger partial charge on any atom is 0.228 e. The number of fused-ring (bicyclic) bond motifs is 1. The van der Waals surface area contributed by atoms with Crippen LogP contribution in [-0.2, 0) is 11.2 Å². The summed E-state index contributed by atoms with van der Waals surface area (Å²) in [6.07, 6.45) is 2.28. The van der Waals surface area contributed by atoms with E-state index < -0.39 is 0 Å². The number of aromatic amines is 1. The van der Waals surface area contributed by atoms with E-state index in [4.69, 9.17) is 0 Å². The summed E-state index contributed by atoms with van der Waals surface area (Å²) in [6.45, 7) is 4.02. The van der Waals surface area contributed by atoms with Crippen molar-refractivity contribution < 1.29 is 4.79 Å². The van der Waals surface area contributed by atoms with Gasteiger partial charge in [-0.15, -0.1) is 0 Å². The molecule has 0 bridgehead atoms. The first-order valence-corrected chi connectivity index (χ1v) is 7.05. The highest BCUT2D eigenvalue weighted by Crippen LogP contribution is 2.18. The van der Waals surface area contributed by atoms with Gasteiger partial charge < -0.3 is 10.3 Å². The molecule has 0 spiro atoms. The van der Waals surface area contributed by atoms with Gasteiger partial charge in [0.15, 0.2) is 0 Å². The molecule has 21 heavy (non-hydrogen) atoms. The fraction of sp³-hybridized carbons (Fsp3) is 0.167. The minimum atomic E-state index is 0.00889. The molecule has 0 aliphatic carbocycles. The Labute approximate surface area is 124 Å². The molecular weight excluding hydrogens is 260 g/mol. The summed E-state index contributed by atoms with van der Waals surface area (Å²) in [5.74, 6) is 0.00889. The number of carbonyl (C=O) groups excluding carboxylic acids is 1. The van der Waals surface area contributed by atoms with Crippen molar-refractivity contribution in [3.63, 3.8) is 0 Å². The number of anilines is 1. The molecule has 1 amide bonds. The lowest BCUT2D eigenvalue weighted by Gasteiger charge is -2.09. The van der Waals surface area contributed by atoms with Crippen molar-refractivity contribution in [2.75, 3.05) is 5.32 Å². The summed E-state index contributed by atoms with van der Waals surface area (Å²) in [5.41, 5.74) is 5.18. The van der Waals surface area contributed by atoms with Gasteiger partial charge in [0.1, 0.15) is 0 Å². The van der Waals surface area contributed by atoms with E-state index in [-0.39, 0.29) is 5.91 Å². The molecule has 0 aliphatic rings. The van der Waals surface area contributed by atoms with E-state index in [0.717, 1.165) is 33.3 Å². The van der Waals surface area contributed by atoms with Gasteiger partial charge in [-0.1, -0.05) is 24.3 Å². The second-order valence-electron chi connectivity index (χ2n) is 5.44. The van der Waals surface area contributed by atoms with Crippen LogP contribution in [0.3, 0.4) is 0 Å². The third-order valence-electron chi connectivity index (χ3n) is 3.65. The summed E-state index contributed by atoms with van der Waals surface area (Å²) in [7, 11) is 0. The van der Waals surface area contributed by atoms with E-state index in [1.165, 1.54) is 0 Å². The third-order valence-corrected chi connectivity index (χ3v) is 3.65. The fourth-order valence-corrected chi connectivity index (χ4v) is 2.46. The SMILES string of the molecule is Cc1ccc(C)c(NC(=O)Cc2ccc3cc[nH]c3c2)c1. The molecule has 3 rings (SSSR count). The maximum atomic E-state index is 12.2. The first-order chi connectivity index (χ1) is 10.1. The quantitative estimate of drug-likeness (QED) is 0.748. The number of aryl methyl sites for hydroxylation is 2. The maximum absolute atomic E-state index is 12.2. The van der Waals surface area contributed by atoms with Gasteiger partial charge in [0.25, 0.3) is 0 Å². The van der Waals surface area contributed by atoms with E-state index in [1.807, 2.05) is 62.5 Å². The molecule has 0 saturated carbocycles. The van der Waals surface area contributed by atoms with Crippen molar-refractivity contribution in [1.29, 1.82) is 0 Å². The van der Waals surface area contributed by atoms with Crippen LogP contribution in [0.4, 0.5) is 5.69 Å². The minimum Gasteiger partial charge on any atom is -0.361 e. The predicted octanol–water partition coefficient (Wildman–Crippen LogP) is 3.97. The molecule has 0 radical (unpaired) electrons. The van der Waals surface area contributed by atoms with Gasteiger partial charge in [-0.2, -0.15) is 0 Å². The minimum absolute atomic E-state index is 0.00889. The number of nitrogens with one attached hydrogen (secondary N) is 2. The van der Waals surface area contributed by atoms with Crippen LogP contribution in [0.25, 0.3) is 10.9 Å². The van der Waals surface area contributed by atoms with Gasteiger partial charge in [0, 0.05) is 17.4 Å². The summed E-state index contributed by atoms with van der Waals surface area (Å²) in [4.78, 5) is 15.4. The number of rotatable bonds is 3. The Morgan fingerprint density at radius 3 is 2.81 bits per heavy atom. The summed E-state index contributed by atoms with van der Waals surface area (Å²) < 4.78 is 0. The molecule has 0 aliphatic heterocycles. The third kappa shape index (κ3) is 2.97. The van der Waals surface area contributed by atoms with Crippen molar-refractivity contribution in [3.8, 4) is 0 Å². The second kappa shape index (κ2) is 5.44. The van der Waals surface area contributed by atoms with Crippen molar-refractivity contribution in [3.05, 3.63) is 65.4 Å². The van der Waals surface area contributed by atoms with Gasteiger partial charge in [0.2, 0.25) is 5.91 Å². The second-order valence-corrected chi connectivity index (χ2v) is 5.44. The normalized spacial score (nSPS) is 10.8. The average molecular weight is 278 g/mol. The Morgan fingerprint density at radius 2 is 1.95 bits per heavy atom. The average Bonchev–Trinajstić information content (AvgIpc) is 2.90. The molecule has 3 heteroatoms. The van der Waals surface area contributed by atoms with E-state index in [9.17, 15) is 4.79 Å². The number of benzene rings is 2. The zero-order valence-electron chi connectivity index (χ0n) is 12.2. The summed E-state index contributed by atoms with van der Waals surface area (Å²) >= 11 is 0. The predicted molar refractivity (Wildman–Crippen MR) is 86.5 cm³/mol. The Bertz CT molecular complexity index is 802. The van der Waals surface area contributed by atoms with Crippen LogP contribution in [0, 0.1) is 13.8 Å². The van der Waals surface area contributed by atoms with Crippen molar-refractivity contribution in [1.82, 2.24) is 4.98 Å². The van der Waals surface area contributed by atoms with Crippen LogP contribution in [0.1, 0.15) is 16.7 Å². The topological polar surface area (TPSA) is 44.9 Å². The number of H-pyrrole nitrogens is 1. The van der Waals surface area contributed by atoms with E-state index in [0.29, 0.717) is 6.42 Å². The Morgan fingerprint density at radius 1 is 1.10 bits per heavy atom. The smallest absolute Gasteiger partial charge is 0.228 e.